The van der Waals surface area contributed by atoms with Crippen molar-refractivity contribution in [3.05, 3.63) is 95.4 Å². The van der Waals surface area contributed by atoms with Crippen LogP contribution in [0.4, 0.5) is 4.39 Å². The topological polar surface area (TPSA) is 93.5 Å². The second kappa shape index (κ2) is 10.2. The number of carboxylic acids is 1. The molecule has 0 fully saturated rings. The molecule has 1 aromatic heterocycles. The number of aliphatic carboxylic acids is 1. The predicted octanol–water partition coefficient (Wildman–Crippen LogP) is 5.29. The molecule has 1 heterocycles. The van der Waals surface area contributed by atoms with E-state index in [4.69, 9.17) is 9.84 Å². The highest BCUT2D eigenvalue weighted by atomic mass is 19.1. The van der Waals surface area contributed by atoms with Gasteiger partial charge in [-0.15, -0.1) is 5.10 Å². The lowest BCUT2D eigenvalue weighted by molar-refractivity contribution is -0.136. The van der Waals surface area contributed by atoms with Crippen LogP contribution in [0.25, 0.3) is 16.8 Å². The molecule has 7 nitrogen and oxygen atoms in total. The number of ether oxygens (including phenoxy) is 1. The summed E-state index contributed by atoms with van der Waals surface area (Å²) in [7, 11) is 0. The van der Waals surface area contributed by atoms with Crippen molar-refractivity contribution in [2.75, 3.05) is 6.54 Å². The van der Waals surface area contributed by atoms with E-state index in [0.29, 0.717) is 22.6 Å². The first-order valence-corrected chi connectivity index (χ1v) is 11.0. The third kappa shape index (κ3) is 5.73. The molecular formula is C27H24FN3O4. The molecule has 0 aliphatic rings. The van der Waals surface area contributed by atoms with Crippen molar-refractivity contribution >= 4 is 11.9 Å². The number of nitrogens with zero attached hydrogens (tertiary/aromatic N) is 2. The Labute approximate surface area is 201 Å². The number of amides is 1. The van der Waals surface area contributed by atoms with Crippen molar-refractivity contribution in [3.8, 4) is 28.4 Å². The lowest BCUT2D eigenvalue weighted by atomic mass is 10.1. The van der Waals surface area contributed by atoms with Gasteiger partial charge >= 0.3 is 5.97 Å². The first kappa shape index (κ1) is 23.7. The van der Waals surface area contributed by atoms with Crippen molar-refractivity contribution in [1.29, 1.82) is 0 Å². The molecule has 0 saturated carbocycles. The number of aryl methyl sites for hydroxylation is 2. The van der Waals surface area contributed by atoms with Crippen molar-refractivity contribution < 1.29 is 23.8 Å². The zero-order valence-corrected chi connectivity index (χ0v) is 19.3. The number of carbonyl (C=O) groups is 2. The maximum atomic E-state index is 14.6. The molecule has 3 aromatic carbocycles. The van der Waals surface area contributed by atoms with Crippen molar-refractivity contribution in [2.45, 2.75) is 20.3 Å². The first-order valence-electron chi connectivity index (χ1n) is 11.0. The van der Waals surface area contributed by atoms with Crippen molar-refractivity contribution in [3.63, 3.8) is 0 Å². The summed E-state index contributed by atoms with van der Waals surface area (Å²) in [5.41, 5.74) is 4.22. The summed E-state index contributed by atoms with van der Waals surface area (Å²) in [6.45, 7) is 3.91. The summed E-state index contributed by atoms with van der Waals surface area (Å²) in [4.78, 5) is 22.8. The van der Waals surface area contributed by atoms with Crippen LogP contribution < -0.4 is 10.1 Å². The summed E-state index contributed by atoms with van der Waals surface area (Å²) in [5.74, 6) is -1.04. The minimum atomic E-state index is -0.983. The van der Waals surface area contributed by atoms with E-state index < -0.39 is 11.8 Å². The van der Waals surface area contributed by atoms with Crippen LogP contribution >= 0.6 is 0 Å². The summed E-state index contributed by atoms with van der Waals surface area (Å²) in [6.07, 6.45) is 1.57. The molecule has 0 radical (unpaired) electrons. The maximum Gasteiger partial charge on any atom is 0.305 e. The number of hydrogen-bond acceptors (Lipinski definition) is 4. The fourth-order valence-electron chi connectivity index (χ4n) is 3.46. The van der Waals surface area contributed by atoms with E-state index in [2.05, 4.69) is 10.4 Å². The molecule has 0 bridgehead atoms. The largest absolute Gasteiger partial charge is 0.481 e. The molecule has 1 amide bonds. The number of halogens is 1. The second-order valence-electron chi connectivity index (χ2n) is 8.14. The fourth-order valence-corrected chi connectivity index (χ4v) is 3.46. The normalized spacial score (nSPS) is 10.7. The quantitative estimate of drug-likeness (QED) is 0.363. The molecule has 4 aromatic rings. The summed E-state index contributed by atoms with van der Waals surface area (Å²) in [6, 6.07) is 19.0. The molecule has 0 atom stereocenters. The SMILES string of the molecule is Cc1ccc(-c2cn(-c3cc(C)ccc3F)nc2Oc2ccc(C(=O)NCCC(=O)O)cc2)cc1. The number of rotatable bonds is 8. The summed E-state index contributed by atoms with van der Waals surface area (Å²) < 4.78 is 22.1. The molecule has 0 aliphatic heterocycles. The Hall–Kier alpha value is -4.46. The Kier molecular flexibility index (Phi) is 6.91. The van der Waals surface area contributed by atoms with Crippen molar-refractivity contribution in [2.24, 2.45) is 0 Å². The Morgan fingerprint density at radius 3 is 2.37 bits per heavy atom. The van der Waals surface area contributed by atoms with Gasteiger partial charge in [0.15, 0.2) is 0 Å². The van der Waals surface area contributed by atoms with E-state index in [9.17, 15) is 14.0 Å². The zero-order valence-electron chi connectivity index (χ0n) is 19.3. The highest BCUT2D eigenvalue weighted by Gasteiger charge is 2.17. The van der Waals surface area contributed by atoms with Gasteiger partial charge in [-0.2, -0.15) is 0 Å². The average Bonchev–Trinajstić information content (AvgIpc) is 3.24. The van der Waals surface area contributed by atoms with Crippen LogP contribution in [-0.2, 0) is 4.79 Å². The Morgan fingerprint density at radius 2 is 1.69 bits per heavy atom. The monoisotopic (exact) mass is 473 g/mol. The van der Waals surface area contributed by atoms with Crippen LogP contribution in [0, 0.1) is 19.7 Å². The van der Waals surface area contributed by atoms with Gasteiger partial charge in [-0.3, -0.25) is 9.59 Å². The van der Waals surface area contributed by atoms with Gasteiger partial charge in [0.1, 0.15) is 17.3 Å². The predicted molar refractivity (Wildman–Crippen MR) is 130 cm³/mol. The Morgan fingerprint density at radius 1 is 1.00 bits per heavy atom. The van der Waals surface area contributed by atoms with Gasteiger partial charge in [0.25, 0.3) is 5.91 Å². The second-order valence-corrected chi connectivity index (χ2v) is 8.14. The lowest BCUT2D eigenvalue weighted by Gasteiger charge is -2.07. The highest BCUT2D eigenvalue weighted by Crippen LogP contribution is 2.34. The van der Waals surface area contributed by atoms with Gasteiger partial charge in [-0.1, -0.05) is 35.9 Å². The third-order valence-corrected chi connectivity index (χ3v) is 5.35. The van der Waals surface area contributed by atoms with Crippen molar-refractivity contribution in [1.82, 2.24) is 15.1 Å². The summed E-state index contributed by atoms with van der Waals surface area (Å²) in [5, 5.41) is 15.8. The van der Waals surface area contributed by atoms with Crippen LogP contribution in [0.1, 0.15) is 27.9 Å². The van der Waals surface area contributed by atoms with Crippen LogP contribution in [0.5, 0.6) is 11.6 Å². The van der Waals surface area contributed by atoms with Crippen LogP contribution in [0.3, 0.4) is 0 Å². The number of carbonyl (C=O) groups excluding carboxylic acids is 1. The van der Waals surface area contributed by atoms with Crippen LogP contribution in [0.2, 0.25) is 0 Å². The third-order valence-electron chi connectivity index (χ3n) is 5.35. The number of nitrogens with one attached hydrogen (secondary N) is 1. The molecule has 0 spiro atoms. The fraction of sp³-hybridized carbons (Fsp3) is 0.148. The lowest BCUT2D eigenvalue weighted by Crippen LogP contribution is -2.25. The smallest absolute Gasteiger partial charge is 0.305 e. The molecule has 8 heteroatoms. The highest BCUT2D eigenvalue weighted by molar-refractivity contribution is 5.94. The molecule has 178 valence electrons. The molecular weight excluding hydrogens is 449 g/mol. The number of aromatic nitrogens is 2. The minimum absolute atomic E-state index is 0.0410. The van der Waals surface area contributed by atoms with Crippen LogP contribution in [0.15, 0.2) is 72.9 Å². The van der Waals surface area contributed by atoms with E-state index in [-0.39, 0.29) is 24.8 Å². The average molecular weight is 474 g/mol. The van der Waals surface area contributed by atoms with Gasteiger partial charge in [-0.05, 0) is 61.4 Å². The minimum Gasteiger partial charge on any atom is -0.481 e. The van der Waals surface area contributed by atoms with Gasteiger partial charge in [-0.25, -0.2) is 9.07 Å². The Balaban J connectivity index is 1.62. The van der Waals surface area contributed by atoms with E-state index >= 15 is 0 Å². The molecule has 4 rings (SSSR count). The van der Waals surface area contributed by atoms with Gasteiger partial charge in [0.2, 0.25) is 5.88 Å². The van der Waals surface area contributed by atoms with E-state index in [1.807, 2.05) is 38.1 Å². The van der Waals surface area contributed by atoms with Gasteiger partial charge in [0.05, 0.1) is 12.0 Å². The van der Waals surface area contributed by atoms with Gasteiger partial charge < -0.3 is 15.2 Å². The molecule has 0 saturated heterocycles. The van der Waals surface area contributed by atoms with Crippen LogP contribution in [-0.4, -0.2) is 33.3 Å². The Bertz CT molecular complexity index is 1360. The first-order chi connectivity index (χ1) is 16.8. The molecule has 0 aliphatic carbocycles. The van der Waals surface area contributed by atoms with E-state index in [1.165, 1.54) is 10.7 Å². The van der Waals surface area contributed by atoms with E-state index in [0.717, 1.165) is 16.7 Å². The molecule has 35 heavy (non-hydrogen) atoms. The number of carboxylic acid groups (broad SMARTS) is 1. The summed E-state index contributed by atoms with van der Waals surface area (Å²) >= 11 is 0. The zero-order chi connectivity index (χ0) is 24.9. The van der Waals surface area contributed by atoms with Gasteiger partial charge in [0, 0.05) is 18.3 Å². The molecule has 2 N–H and O–H groups in total. The molecule has 0 unspecified atom stereocenters. The maximum absolute atomic E-state index is 14.6. The number of benzene rings is 3. The number of hydrogen-bond donors (Lipinski definition) is 2. The standard InChI is InChI=1S/C27H24FN3O4/c1-17-3-6-19(7-4-17)22-16-31(24-15-18(2)5-12-23(24)28)30-27(22)35-21-10-8-20(9-11-21)26(34)29-14-13-25(32)33/h3-12,15-16H,13-14H2,1-2H3,(H,29,34)(H,32,33). The van der Waals surface area contributed by atoms with E-state index in [1.54, 1.807) is 42.6 Å².